The summed E-state index contributed by atoms with van der Waals surface area (Å²) < 4.78 is 28.5. The van der Waals surface area contributed by atoms with Crippen molar-refractivity contribution in [3.8, 4) is 11.5 Å². The molecule has 1 aromatic rings. The summed E-state index contributed by atoms with van der Waals surface area (Å²) in [6.07, 6.45) is 1.17. The molecule has 0 aromatic heterocycles. The van der Waals surface area contributed by atoms with Crippen molar-refractivity contribution in [1.82, 2.24) is 10.2 Å². The number of hydrogen-bond donors (Lipinski definition) is 3. The van der Waals surface area contributed by atoms with E-state index in [-0.39, 0.29) is 18.2 Å². The lowest BCUT2D eigenvalue weighted by atomic mass is 9.50. The predicted octanol–water partition coefficient (Wildman–Crippen LogP) is 1.01. The van der Waals surface area contributed by atoms with Crippen LogP contribution in [0.3, 0.4) is 0 Å². The van der Waals surface area contributed by atoms with E-state index in [1.54, 1.807) is 13.2 Å². The molecule has 1 aromatic carbocycles. The lowest BCUT2D eigenvalue weighted by Gasteiger charge is -2.61. The van der Waals surface area contributed by atoms with Crippen LogP contribution in [0.1, 0.15) is 64.0 Å². The molecule has 0 radical (unpaired) electrons. The molecule has 4 aliphatic rings. The first kappa shape index (κ1) is 32.7. The van der Waals surface area contributed by atoms with Crippen molar-refractivity contribution >= 4 is 23.8 Å². The zero-order chi connectivity index (χ0) is 32.7. The van der Waals surface area contributed by atoms with Crippen LogP contribution in [-0.4, -0.2) is 97.1 Å². The van der Waals surface area contributed by atoms with Crippen LogP contribution >= 0.6 is 0 Å². The number of piperidine rings is 1. The van der Waals surface area contributed by atoms with Crippen LogP contribution in [-0.2, 0) is 45.2 Å². The number of carbonyl (C=O) groups is 4. The van der Waals surface area contributed by atoms with E-state index in [9.17, 15) is 24.3 Å². The van der Waals surface area contributed by atoms with Gasteiger partial charge in [-0.3, -0.25) is 4.79 Å². The van der Waals surface area contributed by atoms with Crippen molar-refractivity contribution in [2.24, 2.45) is 5.73 Å². The number of aliphatic hydroxyl groups is 1. The van der Waals surface area contributed by atoms with Crippen molar-refractivity contribution < 1.29 is 48.0 Å². The minimum Gasteiger partial charge on any atom is -0.493 e. The van der Waals surface area contributed by atoms with Crippen molar-refractivity contribution in [1.29, 1.82) is 0 Å². The van der Waals surface area contributed by atoms with Gasteiger partial charge < -0.3 is 44.7 Å². The molecule has 13 heteroatoms. The van der Waals surface area contributed by atoms with Crippen molar-refractivity contribution in [2.45, 2.75) is 101 Å². The third-order valence-corrected chi connectivity index (χ3v) is 9.64. The Balaban J connectivity index is 1.28. The number of likely N-dealkylation sites (N-methyl/N-ethyl adjacent to an activating group) is 1. The Bertz CT molecular complexity index is 1400. The van der Waals surface area contributed by atoms with Gasteiger partial charge in [0.2, 0.25) is 5.91 Å². The second-order valence-corrected chi connectivity index (χ2v) is 12.4. The Morgan fingerprint density at radius 1 is 1.13 bits per heavy atom. The smallest absolute Gasteiger partial charge is 0.352 e. The quantitative estimate of drug-likeness (QED) is 0.170. The highest BCUT2D eigenvalue weighted by Gasteiger charge is 2.72. The summed E-state index contributed by atoms with van der Waals surface area (Å²) >= 11 is 0. The Labute approximate surface area is 262 Å². The first-order valence-electron chi connectivity index (χ1n) is 15.5. The Morgan fingerprint density at radius 3 is 2.53 bits per heavy atom. The van der Waals surface area contributed by atoms with Gasteiger partial charge in [-0.05, 0) is 83.8 Å². The number of ether oxygens (including phenoxy) is 5. The number of methoxy groups -OCH3 is 1. The molecule has 0 saturated carbocycles. The number of unbranched alkanes of at least 4 members (excludes halogenated alkanes) is 1. The van der Waals surface area contributed by atoms with E-state index in [2.05, 4.69) is 10.2 Å². The molecule has 7 atom stereocenters. The van der Waals surface area contributed by atoms with Gasteiger partial charge in [0.05, 0.1) is 18.1 Å². The summed E-state index contributed by atoms with van der Waals surface area (Å²) in [7, 11) is 3.56. The summed E-state index contributed by atoms with van der Waals surface area (Å²) in [6.45, 7) is 5.10. The number of nitrogens with zero attached hydrogens (tertiary/aromatic N) is 1. The molecular formula is C32H43N3O10. The predicted molar refractivity (Wildman–Crippen MR) is 159 cm³/mol. The zero-order valence-corrected chi connectivity index (χ0v) is 26.4. The van der Waals surface area contributed by atoms with Gasteiger partial charge in [-0.15, -0.1) is 0 Å². The number of amides is 1. The molecule has 1 spiro atoms. The van der Waals surface area contributed by atoms with Crippen molar-refractivity contribution in [3.63, 3.8) is 0 Å². The lowest BCUT2D eigenvalue weighted by Crippen LogP contribution is -2.74. The molecule has 45 heavy (non-hydrogen) atoms. The molecule has 5 rings (SSSR count). The molecule has 2 bridgehead atoms. The second-order valence-electron chi connectivity index (χ2n) is 12.4. The number of nitrogens with two attached hydrogens (primary N) is 1. The molecule has 246 valence electrons. The summed E-state index contributed by atoms with van der Waals surface area (Å²) in [5.74, 6) is -1.70. The highest BCUT2D eigenvalue weighted by atomic mass is 16.6. The van der Waals surface area contributed by atoms with Crippen LogP contribution < -0.4 is 20.5 Å². The van der Waals surface area contributed by atoms with Crippen molar-refractivity contribution in [3.05, 3.63) is 35.1 Å². The second kappa shape index (κ2) is 12.6. The highest BCUT2D eigenvalue weighted by molar-refractivity contribution is 5.86. The normalized spacial score (nSPS) is 27.9. The van der Waals surface area contributed by atoms with E-state index < -0.39 is 59.2 Å². The monoisotopic (exact) mass is 629 g/mol. The Morgan fingerprint density at radius 2 is 1.84 bits per heavy atom. The van der Waals surface area contributed by atoms with Crippen LogP contribution in [0.25, 0.3) is 0 Å². The fourth-order valence-electron chi connectivity index (χ4n) is 7.40. The van der Waals surface area contributed by atoms with Crippen molar-refractivity contribution in [2.75, 3.05) is 27.2 Å². The molecule has 2 heterocycles. The van der Waals surface area contributed by atoms with Gasteiger partial charge in [0.1, 0.15) is 11.8 Å². The fourth-order valence-corrected chi connectivity index (χ4v) is 7.40. The van der Waals surface area contributed by atoms with Crippen LogP contribution in [0.15, 0.2) is 24.0 Å². The fraction of sp³-hybridized carbons (Fsp3) is 0.625. The maximum absolute atomic E-state index is 13.3. The lowest BCUT2D eigenvalue weighted by molar-refractivity contribution is -0.180. The van der Waals surface area contributed by atoms with Crippen LogP contribution in [0, 0.1) is 0 Å². The number of likely N-dealkylation sites (tertiary alicyclic amines) is 1. The summed E-state index contributed by atoms with van der Waals surface area (Å²) in [6, 6.07) is 2.75. The number of esters is 3. The first-order chi connectivity index (χ1) is 21.4. The van der Waals surface area contributed by atoms with E-state index in [1.165, 1.54) is 20.8 Å². The van der Waals surface area contributed by atoms with E-state index in [4.69, 9.17) is 29.4 Å². The SMILES string of the molecule is COc1ccc2c3c1O[C@@H]1C(OC(=O)[C@H](C)OC(=O)[C@H](C)OC(=O)[C@H](CCCCN)NC(C)=O)=CC[C@]4(O)[C@H](C2)N(C)CC[C@@]314. The molecule has 0 unspecified atom stereocenters. The standard InChI is InChI=1S/C32H43N3O10/c1-17(43-30(39)21(34-19(3)36)8-6-7-14-33)28(37)42-18(2)29(38)44-23-11-12-32(40)24-16-20-9-10-22(41-5)26-25(20)31(32,27(23)45-26)13-15-35(24)4/h9-11,17-18,21,24,27,40H,6-8,12-16,33H2,1-5H3,(H,34,36)/t17-,18-,21-,24-,27+,31+,32-/m0/s1. The zero-order valence-electron chi connectivity index (χ0n) is 26.4. The van der Waals surface area contributed by atoms with Gasteiger partial charge in [0.15, 0.2) is 29.8 Å². The molecule has 1 amide bonds. The molecule has 2 aliphatic carbocycles. The number of rotatable bonds is 12. The van der Waals surface area contributed by atoms with Gasteiger partial charge in [-0.1, -0.05) is 6.07 Å². The largest absolute Gasteiger partial charge is 0.493 e. The van der Waals surface area contributed by atoms with Gasteiger partial charge >= 0.3 is 17.9 Å². The average Bonchev–Trinajstić information content (AvgIpc) is 3.35. The molecule has 1 fully saturated rings. The minimum absolute atomic E-state index is 0.160. The topological polar surface area (TPSA) is 176 Å². The number of carbonyl (C=O) groups excluding carboxylic acids is 4. The van der Waals surface area contributed by atoms with Gasteiger partial charge in [0.25, 0.3) is 0 Å². The average molecular weight is 630 g/mol. The third kappa shape index (κ3) is 5.55. The maximum Gasteiger partial charge on any atom is 0.352 e. The maximum atomic E-state index is 13.3. The third-order valence-electron chi connectivity index (χ3n) is 9.64. The minimum atomic E-state index is -1.35. The van der Waals surface area contributed by atoms with Crippen LogP contribution in [0.2, 0.25) is 0 Å². The highest BCUT2D eigenvalue weighted by Crippen LogP contribution is 2.65. The number of benzene rings is 1. The summed E-state index contributed by atoms with van der Waals surface area (Å²) in [5.41, 5.74) is 5.46. The van der Waals surface area contributed by atoms with Crippen LogP contribution in [0.5, 0.6) is 11.5 Å². The van der Waals surface area contributed by atoms with E-state index in [0.29, 0.717) is 56.7 Å². The van der Waals surface area contributed by atoms with Crippen LogP contribution in [0.4, 0.5) is 0 Å². The number of nitrogens with one attached hydrogen (secondary N) is 1. The van der Waals surface area contributed by atoms with E-state index in [0.717, 1.165) is 11.1 Å². The summed E-state index contributed by atoms with van der Waals surface area (Å²) in [4.78, 5) is 52.5. The van der Waals surface area contributed by atoms with Gasteiger partial charge in [-0.25, -0.2) is 14.4 Å². The molecule has 2 aliphatic heterocycles. The van der Waals surface area contributed by atoms with Gasteiger partial charge in [-0.2, -0.15) is 0 Å². The Kier molecular flexibility index (Phi) is 9.16. The first-order valence-corrected chi connectivity index (χ1v) is 15.5. The van der Waals surface area contributed by atoms with Gasteiger partial charge in [0, 0.05) is 24.9 Å². The Hall–Kier alpha value is -3.68. The molecule has 4 N–H and O–H groups in total. The molecule has 1 saturated heterocycles. The molecular weight excluding hydrogens is 586 g/mol. The van der Waals surface area contributed by atoms with E-state index >= 15 is 0 Å². The molecule has 13 nitrogen and oxygen atoms in total. The van der Waals surface area contributed by atoms with E-state index in [1.807, 2.05) is 19.2 Å². The number of hydrogen-bond acceptors (Lipinski definition) is 12. The summed E-state index contributed by atoms with van der Waals surface area (Å²) in [5, 5.41) is 14.8.